The van der Waals surface area contributed by atoms with Crippen molar-refractivity contribution in [3.63, 3.8) is 0 Å². The Hall–Kier alpha value is -2.01. The number of carbonyl (C=O) groups excluding carboxylic acids is 1. The molecule has 23 heavy (non-hydrogen) atoms. The number of aliphatic carboxylic acids is 3. The quantitative estimate of drug-likeness (QED) is 0.367. The van der Waals surface area contributed by atoms with E-state index in [1.807, 2.05) is 0 Å². The van der Waals surface area contributed by atoms with Gasteiger partial charge in [0.25, 0.3) is 0 Å². The van der Waals surface area contributed by atoms with Gasteiger partial charge in [-0.3, -0.25) is 14.6 Å². The predicted molar refractivity (Wildman–Crippen MR) is 65.7 cm³/mol. The molecule has 0 aromatic carbocycles. The molecule has 1 aromatic rings. The molecule has 0 atom stereocenters. The van der Waals surface area contributed by atoms with Gasteiger partial charge in [0.05, 0.1) is 24.4 Å². The average molecular weight is 337 g/mol. The van der Waals surface area contributed by atoms with Crippen LogP contribution >= 0.6 is 0 Å². The van der Waals surface area contributed by atoms with Crippen molar-refractivity contribution in [1.29, 1.82) is 0 Å². The van der Waals surface area contributed by atoms with Crippen molar-refractivity contribution in [2.75, 3.05) is 0 Å². The maximum Gasteiger partial charge on any atom is 1.00 e. The van der Waals surface area contributed by atoms with E-state index in [0.29, 0.717) is 0 Å². The van der Waals surface area contributed by atoms with Crippen LogP contribution < -0.4 is 34.7 Å². The smallest absolute Gasteiger partial charge is 0.547 e. The van der Waals surface area contributed by atoms with E-state index in [4.69, 9.17) is 20.4 Å². The molecule has 0 fully saturated rings. The van der Waals surface area contributed by atoms with Gasteiger partial charge in [-0.05, 0) is 12.1 Å². The molecule has 0 aliphatic carbocycles. The summed E-state index contributed by atoms with van der Waals surface area (Å²) in [5.74, 6) is -6.29. The van der Waals surface area contributed by atoms with Crippen molar-refractivity contribution in [2.45, 2.75) is 18.4 Å². The summed E-state index contributed by atoms with van der Waals surface area (Å²) in [4.78, 5) is 44.1. The number of aromatic carboxylic acids is 1. The Morgan fingerprint density at radius 3 is 1.78 bits per heavy atom. The topological polar surface area (TPSA) is 185 Å². The van der Waals surface area contributed by atoms with Gasteiger partial charge >= 0.3 is 47.5 Å². The van der Waals surface area contributed by atoms with Crippen molar-refractivity contribution in [2.24, 2.45) is 0 Å². The number of rotatable bonds is 6. The third-order valence-electron chi connectivity index (χ3n) is 2.18. The molecule has 0 spiro atoms. The minimum absolute atomic E-state index is 0. The van der Waals surface area contributed by atoms with Crippen LogP contribution in [0.15, 0.2) is 24.5 Å². The summed E-state index contributed by atoms with van der Waals surface area (Å²) in [5, 5.41) is 43.9. The van der Waals surface area contributed by atoms with Gasteiger partial charge in [0.2, 0.25) is 0 Å². The predicted octanol–water partition coefficient (Wildman–Crippen LogP) is -4.80. The molecule has 0 saturated heterocycles. The Kier molecular flexibility index (Phi) is 10.8. The third-order valence-corrected chi connectivity index (χ3v) is 2.18. The minimum atomic E-state index is -2.85. The van der Waals surface area contributed by atoms with Gasteiger partial charge in [0.1, 0.15) is 5.60 Å². The fourth-order valence-electron chi connectivity index (χ4n) is 1.20. The van der Waals surface area contributed by atoms with Crippen molar-refractivity contribution >= 4 is 23.9 Å². The number of pyridine rings is 1. The number of hydrogen-bond acceptors (Lipinski definition) is 7. The summed E-state index contributed by atoms with van der Waals surface area (Å²) < 4.78 is 0. The summed E-state index contributed by atoms with van der Waals surface area (Å²) >= 11 is 0. The molecule has 4 N–H and O–H groups in total. The summed E-state index contributed by atoms with van der Waals surface area (Å²) in [6.45, 7) is 0. The maximum atomic E-state index is 10.2. The van der Waals surface area contributed by atoms with E-state index in [-0.39, 0.29) is 35.1 Å². The normalized spacial score (nSPS) is 9.61. The minimum Gasteiger partial charge on any atom is -0.547 e. The Labute approximate surface area is 151 Å². The van der Waals surface area contributed by atoms with Crippen LogP contribution in [0.3, 0.4) is 0 Å². The van der Waals surface area contributed by atoms with Gasteiger partial charge in [-0.15, -0.1) is 0 Å². The molecule has 0 bridgehead atoms. The first-order valence-electron chi connectivity index (χ1n) is 5.59. The van der Waals surface area contributed by atoms with Crippen LogP contribution in [-0.2, 0) is 14.4 Å². The standard InChI is InChI=1S/C6H5NO2.C6H8O7.Na/c8-6(9)5-2-1-3-7-4-5;7-3(8)1-6(13,5(11)12)2-4(9)10;/h1-4H,(H,8,9);13H,1-2H2,(H,7,8)(H,9,10)(H,11,12);/q;;+1/p-1. The largest absolute Gasteiger partial charge is 1.00 e. The molecular weight excluding hydrogens is 325 g/mol. The second kappa shape index (κ2) is 10.7. The number of aromatic nitrogens is 1. The van der Waals surface area contributed by atoms with E-state index in [9.17, 15) is 24.3 Å². The van der Waals surface area contributed by atoms with Crippen LogP contribution in [-0.4, -0.2) is 54.9 Å². The molecule has 0 saturated carbocycles. The Bertz CT molecular complexity index is 545. The molecule has 0 aliphatic heterocycles. The van der Waals surface area contributed by atoms with E-state index in [1.165, 1.54) is 18.5 Å². The number of hydrogen-bond donors (Lipinski definition) is 4. The fraction of sp³-hybridized carbons (Fsp3) is 0.250. The zero-order chi connectivity index (χ0) is 17.3. The van der Waals surface area contributed by atoms with Gasteiger partial charge in [-0.2, -0.15) is 0 Å². The third kappa shape index (κ3) is 9.58. The number of nitrogens with zero attached hydrogens (tertiary/aromatic N) is 1. The van der Waals surface area contributed by atoms with E-state index >= 15 is 0 Å². The second-order valence-corrected chi connectivity index (χ2v) is 4.01. The van der Waals surface area contributed by atoms with Crippen LogP contribution in [0.25, 0.3) is 0 Å². The molecular formula is C12H12NNaO9. The maximum absolute atomic E-state index is 10.2. The molecule has 0 amide bonds. The number of carbonyl (C=O) groups is 4. The molecule has 0 unspecified atom stereocenters. The Balaban J connectivity index is 0. The fourth-order valence-corrected chi connectivity index (χ4v) is 1.20. The van der Waals surface area contributed by atoms with Gasteiger partial charge in [-0.1, -0.05) is 0 Å². The van der Waals surface area contributed by atoms with Crippen molar-refractivity contribution in [1.82, 2.24) is 4.98 Å². The summed E-state index contributed by atoms with van der Waals surface area (Å²) in [7, 11) is 0. The number of aliphatic hydroxyl groups is 1. The van der Waals surface area contributed by atoms with Crippen LogP contribution in [0.2, 0.25) is 0 Å². The number of carboxylic acids is 4. The van der Waals surface area contributed by atoms with E-state index < -0.39 is 42.3 Å². The summed E-state index contributed by atoms with van der Waals surface area (Å²) in [6, 6.07) is 3.08. The first kappa shape index (κ1) is 23.3. The molecule has 1 rings (SSSR count). The Morgan fingerprint density at radius 1 is 1.09 bits per heavy atom. The summed E-state index contributed by atoms with van der Waals surface area (Å²) in [6.07, 6.45) is 0.429. The first-order valence-corrected chi connectivity index (χ1v) is 5.59. The van der Waals surface area contributed by atoms with Crippen LogP contribution in [0.5, 0.6) is 0 Å². The first-order chi connectivity index (χ1) is 10.1. The van der Waals surface area contributed by atoms with Crippen LogP contribution in [0, 0.1) is 0 Å². The molecule has 10 nitrogen and oxygen atoms in total. The Morgan fingerprint density at radius 2 is 1.57 bits per heavy atom. The molecule has 0 radical (unpaired) electrons. The van der Waals surface area contributed by atoms with E-state index in [2.05, 4.69) is 4.98 Å². The zero-order valence-electron chi connectivity index (χ0n) is 12.0. The molecule has 11 heteroatoms. The molecule has 1 aromatic heterocycles. The van der Waals surface area contributed by atoms with Gasteiger partial charge < -0.3 is 30.3 Å². The van der Waals surface area contributed by atoms with Crippen LogP contribution in [0.4, 0.5) is 0 Å². The van der Waals surface area contributed by atoms with Gasteiger partial charge in [0.15, 0.2) is 0 Å². The zero-order valence-corrected chi connectivity index (χ0v) is 14.0. The van der Waals surface area contributed by atoms with Crippen molar-refractivity contribution in [3.05, 3.63) is 30.1 Å². The monoisotopic (exact) mass is 337 g/mol. The van der Waals surface area contributed by atoms with Gasteiger partial charge in [-0.25, -0.2) is 4.79 Å². The van der Waals surface area contributed by atoms with Crippen LogP contribution in [0.1, 0.15) is 23.2 Å². The second-order valence-electron chi connectivity index (χ2n) is 4.01. The van der Waals surface area contributed by atoms with Gasteiger partial charge in [0, 0.05) is 12.4 Å². The van der Waals surface area contributed by atoms with E-state index in [1.54, 1.807) is 6.07 Å². The molecule has 0 aliphatic rings. The average Bonchev–Trinajstić information content (AvgIpc) is 2.38. The molecule has 120 valence electrons. The van der Waals surface area contributed by atoms with E-state index in [0.717, 1.165) is 0 Å². The number of carboxylic acid groups (broad SMARTS) is 4. The van der Waals surface area contributed by atoms with Crippen molar-refractivity contribution < 1.29 is 74.3 Å². The summed E-state index contributed by atoms with van der Waals surface area (Å²) in [5.41, 5.74) is -2.63. The molecule has 1 heterocycles. The van der Waals surface area contributed by atoms with Crippen molar-refractivity contribution in [3.8, 4) is 0 Å². The SMILES string of the molecule is O=C(O)CC(O)(CC(=O)O)C(=O)[O-].O=C(O)c1cccnc1.[Na+].